The van der Waals surface area contributed by atoms with Gasteiger partial charge in [-0.15, -0.1) is 11.3 Å². The second kappa shape index (κ2) is 5.21. The molecule has 1 aromatic rings. The van der Waals surface area contributed by atoms with Crippen LogP contribution in [0.3, 0.4) is 0 Å². The summed E-state index contributed by atoms with van der Waals surface area (Å²) in [5, 5.41) is 13.6. The van der Waals surface area contributed by atoms with Crippen molar-refractivity contribution in [1.82, 2.24) is 4.98 Å². The number of nitrogens with zero attached hydrogens (tertiary/aromatic N) is 2. The number of carbonyl (C=O) groups is 1. The monoisotopic (exact) mass is 242 g/mol. The Bertz CT molecular complexity index is 429. The number of nitrogen functional groups attached to an aromatic ring is 1. The third kappa shape index (κ3) is 3.02. The lowest BCUT2D eigenvalue weighted by Crippen LogP contribution is -2.18. The maximum absolute atomic E-state index is 10.5. The molecule has 0 aliphatic rings. The zero-order valence-electron chi connectivity index (χ0n) is 8.21. The molecule has 0 aliphatic heterocycles. The molecule has 0 amide bonds. The Morgan fingerprint density at radius 2 is 2.50 bits per heavy atom. The number of hydrogen-bond donors (Lipinski definition) is 2. The van der Waals surface area contributed by atoms with Gasteiger partial charge in [-0.2, -0.15) is 0 Å². The lowest BCUT2D eigenvalue weighted by molar-refractivity contribution is -0.149. The fourth-order valence-corrected chi connectivity index (χ4v) is 1.24. The maximum Gasteiger partial charge on any atom is 0.347 e. The van der Waals surface area contributed by atoms with Crippen LogP contribution in [0.25, 0.3) is 0 Å². The molecule has 8 heteroatoms. The van der Waals surface area contributed by atoms with Crippen molar-refractivity contribution in [2.45, 2.75) is 13.0 Å². The fraction of sp³-hybridized carbons (Fsp3) is 0.250. The van der Waals surface area contributed by atoms with Crippen molar-refractivity contribution in [3.8, 4) is 0 Å². The minimum atomic E-state index is -1.19. The van der Waals surface area contributed by atoms with Gasteiger partial charge in [0.25, 0.3) is 6.29 Å². The number of carbonyl (C=O) groups excluding carboxylic acids is 1. The summed E-state index contributed by atoms with van der Waals surface area (Å²) in [4.78, 5) is 29.3. The van der Waals surface area contributed by atoms with Gasteiger partial charge >= 0.3 is 5.97 Å². The van der Waals surface area contributed by atoms with Crippen LogP contribution in [0.4, 0.5) is 5.13 Å². The van der Waals surface area contributed by atoms with Gasteiger partial charge in [-0.05, 0) is 6.92 Å². The van der Waals surface area contributed by atoms with E-state index in [1.54, 1.807) is 0 Å². The standard InChI is InChI=1S/C8H8N3O4S/c1-4(7(13)14)15-11-5(2-12)6-3-16-8(9)10-6/h3-4H,1H3,(H2,9,10)(H,13,14)/b11-5-. The van der Waals surface area contributed by atoms with Gasteiger partial charge in [-0.25, -0.2) is 9.78 Å². The molecule has 0 saturated carbocycles. The van der Waals surface area contributed by atoms with E-state index in [0.717, 1.165) is 11.3 Å². The third-order valence-corrected chi connectivity index (χ3v) is 2.19. The van der Waals surface area contributed by atoms with Gasteiger partial charge in [-0.1, -0.05) is 5.16 Å². The Hall–Kier alpha value is -1.96. The molecular formula is C8H8N3O4S. The molecule has 0 bridgehead atoms. The smallest absolute Gasteiger partial charge is 0.347 e. The lowest BCUT2D eigenvalue weighted by atomic mass is 10.3. The molecule has 1 heterocycles. The molecule has 7 nitrogen and oxygen atoms in total. The lowest BCUT2D eigenvalue weighted by Gasteiger charge is -2.03. The number of carboxylic acid groups (broad SMARTS) is 1. The summed E-state index contributed by atoms with van der Waals surface area (Å²) in [6.07, 6.45) is 0.343. The van der Waals surface area contributed by atoms with Crippen LogP contribution in [-0.2, 0) is 14.4 Å². The summed E-state index contributed by atoms with van der Waals surface area (Å²) < 4.78 is 0. The van der Waals surface area contributed by atoms with Crippen LogP contribution in [0, 0.1) is 0 Å². The van der Waals surface area contributed by atoms with E-state index in [1.165, 1.54) is 18.6 Å². The van der Waals surface area contributed by atoms with Crippen LogP contribution >= 0.6 is 11.3 Å². The number of aromatic nitrogens is 1. The highest BCUT2D eigenvalue weighted by atomic mass is 32.1. The van der Waals surface area contributed by atoms with Crippen LogP contribution in [0.1, 0.15) is 12.6 Å². The van der Waals surface area contributed by atoms with Gasteiger partial charge in [-0.3, -0.25) is 4.79 Å². The Kier molecular flexibility index (Phi) is 3.95. The molecular weight excluding hydrogens is 234 g/mol. The Labute approximate surface area is 94.5 Å². The van der Waals surface area contributed by atoms with E-state index in [2.05, 4.69) is 15.0 Å². The second-order valence-electron chi connectivity index (χ2n) is 2.70. The number of anilines is 1. The van der Waals surface area contributed by atoms with Crippen molar-refractivity contribution >= 4 is 34.4 Å². The molecule has 0 aromatic carbocycles. The van der Waals surface area contributed by atoms with Gasteiger partial charge < -0.3 is 15.7 Å². The van der Waals surface area contributed by atoms with E-state index in [1.807, 2.05) is 0 Å². The first-order valence-corrected chi connectivity index (χ1v) is 4.98. The summed E-state index contributed by atoms with van der Waals surface area (Å²) in [5.74, 6) is -1.19. The molecule has 3 N–H and O–H groups in total. The largest absolute Gasteiger partial charge is 0.478 e. The van der Waals surface area contributed by atoms with Crippen molar-refractivity contribution < 1.29 is 19.5 Å². The first-order valence-electron chi connectivity index (χ1n) is 4.10. The van der Waals surface area contributed by atoms with Gasteiger partial charge in [0.05, 0.1) is 0 Å². The van der Waals surface area contributed by atoms with Crippen molar-refractivity contribution in [3.63, 3.8) is 0 Å². The summed E-state index contributed by atoms with van der Waals surface area (Å²) in [6, 6.07) is 0. The number of rotatable bonds is 5. The third-order valence-electron chi connectivity index (χ3n) is 1.51. The number of nitrogens with two attached hydrogens (primary N) is 1. The van der Waals surface area contributed by atoms with Crippen LogP contribution in [0.15, 0.2) is 10.5 Å². The number of hydrogen-bond acceptors (Lipinski definition) is 7. The Balaban J connectivity index is 2.79. The average molecular weight is 242 g/mol. The zero-order valence-corrected chi connectivity index (χ0v) is 9.02. The minimum Gasteiger partial charge on any atom is -0.478 e. The number of aliphatic carboxylic acids is 1. The summed E-state index contributed by atoms with van der Waals surface area (Å²) in [5.41, 5.74) is 5.35. The molecule has 1 radical (unpaired) electrons. The van der Waals surface area contributed by atoms with E-state index >= 15 is 0 Å². The predicted molar refractivity (Wildman–Crippen MR) is 56.9 cm³/mol. The van der Waals surface area contributed by atoms with Gasteiger partial charge in [0.1, 0.15) is 5.69 Å². The molecule has 1 aromatic heterocycles. The number of carboxylic acids is 1. The summed E-state index contributed by atoms with van der Waals surface area (Å²) in [6.45, 7) is 1.28. The SMILES string of the molecule is CC(O/N=C(/[C]=O)c1csc(N)n1)C(=O)O. The predicted octanol–water partition coefficient (Wildman–Crippen LogP) is 0.0288. The average Bonchev–Trinajstić information content (AvgIpc) is 2.65. The van der Waals surface area contributed by atoms with E-state index in [-0.39, 0.29) is 16.5 Å². The maximum atomic E-state index is 10.5. The highest BCUT2D eigenvalue weighted by Gasteiger charge is 2.14. The van der Waals surface area contributed by atoms with E-state index < -0.39 is 12.1 Å². The quantitative estimate of drug-likeness (QED) is 0.556. The topological polar surface area (TPSA) is 115 Å². The van der Waals surface area contributed by atoms with Gasteiger partial charge in [0, 0.05) is 5.38 Å². The fourth-order valence-electron chi connectivity index (χ4n) is 0.691. The Morgan fingerprint density at radius 3 is 2.94 bits per heavy atom. The van der Waals surface area contributed by atoms with Crippen molar-refractivity contribution in [1.29, 1.82) is 0 Å². The van der Waals surface area contributed by atoms with Crippen LogP contribution in [0.2, 0.25) is 0 Å². The number of thiazole rings is 1. The molecule has 0 fully saturated rings. The number of oxime groups is 1. The molecule has 1 rings (SSSR count). The highest BCUT2D eigenvalue weighted by molar-refractivity contribution is 7.13. The zero-order chi connectivity index (χ0) is 12.1. The molecule has 0 spiro atoms. The summed E-state index contributed by atoms with van der Waals surface area (Å²) >= 11 is 1.12. The second-order valence-corrected chi connectivity index (χ2v) is 3.59. The van der Waals surface area contributed by atoms with Crippen LogP contribution in [-0.4, -0.2) is 34.2 Å². The van der Waals surface area contributed by atoms with Crippen LogP contribution in [0.5, 0.6) is 0 Å². The van der Waals surface area contributed by atoms with Crippen molar-refractivity contribution in [2.24, 2.45) is 5.16 Å². The first kappa shape index (κ1) is 12.1. The van der Waals surface area contributed by atoms with E-state index in [0.29, 0.717) is 0 Å². The van der Waals surface area contributed by atoms with Crippen LogP contribution < -0.4 is 5.73 Å². The molecule has 1 atom stereocenters. The molecule has 16 heavy (non-hydrogen) atoms. The summed E-state index contributed by atoms with van der Waals surface area (Å²) in [7, 11) is 0. The van der Waals surface area contributed by atoms with E-state index in [4.69, 9.17) is 10.8 Å². The van der Waals surface area contributed by atoms with Crippen molar-refractivity contribution in [2.75, 3.05) is 5.73 Å². The highest BCUT2D eigenvalue weighted by Crippen LogP contribution is 2.11. The molecule has 1 unspecified atom stereocenters. The minimum absolute atomic E-state index is 0.204. The van der Waals surface area contributed by atoms with Gasteiger partial charge in [0.15, 0.2) is 10.8 Å². The van der Waals surface area contributed by atoms with Crippen molar-refractivity contribution in [3.05, 3.63) is 11.1 Å². The van der Waals surface area contributed by atoms with Gasteiger partial charge in [0.2, 0.25) is 6.10 Å². The first-order chi connectivity index (χ1) is 7.54. The Morgan fingerprint density at radius 1 is 1.81 bits per heavy atom. The normalized spacial score (nSPS) is 13.2. The van der Waals surface area contributed by atoms with E-state index in [9.17, 15) is 9.59 Å². The molecule has 0 saturated heterocycles. The molecule has 0 aliphatic carbocycles. The molecule has 85 valence electrons.